The number of hydrogen-bond donors (Lipinski definition) is 1. The molecule has 0 saturated carbocycles. The van der Waals surface area contributed by atoms with Crippen LogP contribution in [0.4, 0.5) is 0 Å². The topological polar surface area (TPSA) is 46.5 Å². The molecule has 0 atom stereocenters. The van der Waals surface area contributed by atoms with Gasteiger partial charge < -0.3 is 4.98 Å². The smallest absolute Gasteiger partial charge is 0.214 e. The van der Waals surface area contributed by atoms with Crippen LogP contribution in [0.25, 0.3) is 28.0 Å². The zero-order chi connectivity index (χ0) is 16.0. The number of aryl methyl sites for hydroxylation is 3. The molecule has 0 radical (unpaired) electrons. The zero-order valence-electron chi connectivity index (χ0n) is 13.7. The quantitative estimate of drug-likeness (QED) is 0.607. The molecule has 4 aromatic rings. The van der Waals surface area contributed by atoms with E-state index in [0.29, 0.717) is 0 Å². The van der Waals surface area contributed by atoms with Crippen LogP contribution in [0.1, 0.15) is 30.3 Å². The van der Waals surface area contributed by atoms with Gasteiger partial charge in [-0.3, -0.25) is 4.57 Å². The van der Waals surface area contributed by atoms with Crippen LogP contribution in [0.3, 0.4) is 0 Å². The normalized spacial score (nSPS) is 11.6. The van der Waals surface area contributed by atoms with Gasteiger partial charge in [0.25, 0.3) is 0 Å². The Bertz CT molecular complexity index is 974. The molecule has 0 saturated heterocycles. The maximum atomic E-state index is 4.81. The third-order valence-electron chi connectivity index (χ3n) is 4.47. The molecule has 0 unspecified atom stereocenters. The van der Waals surface area contributed by atoms with E-state index in [1.807, 2.05) is 31.2 Å². The molecular formula is C19H20N4. The minimum atomic E-state index is 0.828. The van der Waals surface area contributed by atoms with Crippen LogP contribution >= 0.6 is 0 Å². The summed E-state index contributed by atoms with van der Waals surface area (Å²) >= 11 is 0. The predicted octanol–water partition coefficient (Wildman–Crippen LogP) is 4.47. The molecule has 0 spiro atoms. The van der Waals surface area contributed by atoms with Gasteiger partial charge in [0, 0.05) is 0 Å². The Morgan fingerprint density at radius 3 is 2.65 bits per heavy atom. The first-order valence-corrected chi connectivity index (χ1v) is 8.11. The summed E-state index contributed by atoms with van der Waals surface area (Å²) in [5, 5.41) is 0. The molecule has 116 valence electrons. The fourth-order valence-corrected chi connectivity index (χ4v) is 3.29. The highest BCUT2D eigenvalue weighted by molar-refractivity contribution is 5.83. The number of rotatable bonds is 3. The molecule has 2 aromatic heterocycles. The van der Waals surface area contributed by atoms with Crippen LogP contribution in [0.2, 0.25) is 0 Å². The summed E-state index contributed by atoms with van der Waals surface area (Å²) in [7, 11) is 0. The van der Waals surface area contributed by atoms with Crippen molar-refractivity contribution in [1.29, 1.82) is 0 Å². The van der Waals surface area contributed by atoms with E-state index in [9.17, 15) is 0 Å². The average Bonchev–Trinajstić information content (AvgIpc) is 3.10. The van der Waals surface area contributed by atoms with Gasteiger partial charge in [0.1, 0.15) is 5.82 Å². The summed E-state index contributed by atoms with van der Waals surface area (Å²) < 4.78 is 2.11. The lowest BCUT2D eigenvalue weighted by Gasteiger charge is -2.06. The Morgan fingerprint density at radius 1 is 1.04 bits per heavy atom. The lowest BCUT2D eigenvalue weighted by Crippen LogP contribution is -1.99. The molecule has 23 heavy (non-hydrogen) atoms. The second kappa shape index (κ2) is 5.23. The van der Waals surface area contributed by atoms with E-state index in [0.717, 1.165) is 46.7 Å². The fourth-order valence-electron chi connectivity index (χ4n) is 3.29. The molecule has 4 heteroatoms. The lowest BCUT2D eigenvalue weighted by molar-refractivity contribution is 0.914. The van der Waals surface area contributed by atoms with Crippen LogP contribution in [-0.2, 0) is 6.42 Å². The summed E-state index contributed by atoms with van der Waals surface area (Å²) in [6.07, 6.45) is 2.24. The van der Waals surface area contributed by atoms with Crippen molar-refractivity contribution < 1.29 is 0 Å². The standard InChI is InChI=1S/C19H20N4/c1-4-7-14-10-11-17-18(12(14)2)20-13(3)23(17)19-21-15-8-5-6-9-16(15)22-19/h5-6,8-11H,4,7H2,1-3H3,(H,21,22). The van der Waals surface area contributed by atoms with Crippen LogP contribution in [0, 0.1) is 13.8 Å². The number of H-pyrrole nitrogens is 1. The molecule has 0 aliphatic heterocycles. The van der Waals surface area contributed by atoms with Crippen molar-refractivity contribution in [2.75, 3.05) is 0 Å². The monoisotopic (exact) mass is 304 g/mol. The highest BCUT2D eigenvalue weighted by atomic mass is 15.2. The first kappa shape index (κ1) is 14.0. The maximum Gasteiger partial charge on any atom is 0.214 e. The molecule has 0 amide bonds. The molecule has 1 N–H and O–H groups in total. The fraction of sp³-hybridized carbons (Fsp3) is 0.263. The van der Waals surface area contributed by atoms with Gasteiger partial charge in [0.2, 0.25) is 5.95 Å². The van der Waals surface area contributed by atoms with Crippen molar-refractivity contribution in [3.05, 3.63) is 53.3 Å². The second-order valence-electron chi connectivity index (χ2n) is 6.04. The van der Waals surface area contributed by atoms with E-state index in [4.69, 9.17) is 9.97 Å². The van der Waals surface area contributed by atoms with Crippen molar-refractivity contribution >= 4 is 22.1 Å². The van der Waals surface area contributed by atoms with Crippen molar-refractivity contribution in [1.82, 2.24) is 19.5 Å². The summed E-state index contributed by atoms with van der Waals surface area (Å²) in [6, 6.07) is 12.5. The summed E-state index contributed by atoms with van der Waals surface area (Å²) in [6.45, 7) is 6.41. The molecule has 2 aromatic carbocycles. The van der Waals surface area contributed by atoms with Gasteiger partial charge in [0.15, 0.2) is 0 Å². The first-order valence-electron chi connectivity index (χ1n) is 8.11. The SMILES string of the molecule is CCCc1ccc2c(nc(C)n2-c2nc3ccccc3[nH]2)c1C. The minimum absolute atomic E-state index is 0.828. The Hall–Kier alpha value is -2.62. The van der Waals surface area contributed by atoms with Crippen molar-refractivity contribution in [3.63, 3.8) is 0 Å². The summed E-state index contributed by atoms with van der Waals surface area (Å²) in [5.41, 5.74) is 6.87. The highest BCUT2D eigenvalue weighted by Crippen LogP contribution is 2.26. The molecule has 0 fully saturated rings. The van der Waals surface area contributed by atoms with Gasteiger partial charge in [-0.15, -0.1) is 0 Å². The second-order valence-corrected chi connectivity index (χ2v) is 6.04. The number of nitrogens with one attached hydrogen (secondary N) is 1. The van der Waals surface area contributed by atoms with Gasteiger partial charge in [-0.05, 0) is 49.6 Å². The zero-order valence-corrected chi connectivity index (χ0v) is 13.7. The van der Waals surface area contributed by atoms with Crippen LogP contribution in [0.15, 0.2) is 36.4 Å². The van der Waals surface area contributed by atoms with Crippen molar-refractivity contribution in [3.8, 4) is 5.95 Å². The third-order valence-corrected chi connectivity index (χ3v) is 4.47. The van der Waals surface area contributed by atoms with Gasteiger partial charge in [-0.1, -0.05) is 31.5 Å². The molecule has 4 rings (SSSR count). The molecule has 0 aliphatic carbocycles. The van der Waals surface area contributed by atoms with E-state index in [1.54, 1.807) is 0 Å². The number of hydrogen-bond acceptors (Lipinski definition) is 2. The minimum Gasteiger partial charge on any atom is -0.323 e. The molecular weight excluding hydrogens is 284 g/mol. The third kappa shape index (κ3) is 2.13. The largest absolute Gasteiger partial charge is 0.323 e. The first-order chi connectivity index (χ1) is 11.2. The van der Waals surface area contributed by atoms with Crippen LogP contribution < -0.4 is 0 Å². The number of nitrogens with zero attached hydrogens (tertiary/aromatic N) is 3. The van der Waals surface area contributed by atoms with E-state index in [-0.39, 0.29) is 0 Å². The highest BCUT2D eigenvalue weighted by Gasteiger charge is 2.15. The molecule has 2 heterocycles. The Labute approximate surface area is 135 Å². The molecule has 0 aliphatic rings. The molecule has 4 nitrogen and oxygen atoms in total. The van der Waals surface area contributed by atoms with E-state index < -0.39 is 0 Å². The van der Waals surface area contributed by atoms with Crippen molar-refractivity contribution in [2.24, 2.45) is 0 Å². The van der Waals surface area contributed by atoms with Crippen molar-refractivity contribution in [2.45, 2.75) is 33.6 Å². The van der Waals surface area contributed by atoms with E-state index in [2.05, 4.69) is 35.5 Å². The predicted molar refractivity (Wildman–Crippen MR) is 94.2 cm³/mol. The number of aromatic amines is 1. The van der Waals surface area contributed by atoms with Crippen LogP contribution in [0.5, 0.6) is 0 Å². The van der Waals surface area contributed by atoms with E-state index >= 15 is 0 Å². The number of imidazole rings is 2. The number of benzene rings is 2. The Balaban J connectivity index is 1.96. The Kier molecular flexibility index (Phi) is 3.18. The lowest BCUT2D eigenvalue weighted by atomic mass is 10.0. The van der Waals surface area contributed by atoms with Gasteiger partial charge >= 0.3 is 0 Å². The Morgan fingerprint density at radius 2 is 1.87 bits per heavy atom. The van der Waals surface area contributed by atoms with Gasteiger partial charge in [-0.25, -0.2) is 9.97 Å². The van der Waals surface area contributed by atoms with Gasteiger partial charge in [-0.2, -0.15) is 0 Å². The average molecular weight is 304 g/mol. The van der Waals surface area contributed by atoms with Gasteiger partial charge in [0.05, 0.1) is 22.1 Å². The number of aromatic nitrogens is 4. The maximum absolute atomic E-state index is 4.81. The number of fused-ring (bicyclic) bond motifs is 2. The summed E-state index contributed by atoms with van der Waals surface area (Å²) in [5.74, 6) is 1.78. The van der Waals surface area contributed by atoms with Crippen LogP contribution in [-0.4, -0.2) is 19.5 Å². The summed E-state index contributed by atoms with van der Waals surface area (Å²) in [4.78, 5) is 12.9. The van der Waals surface area contributed by atoms with E-state index in [1.165, 1.54) is 11.1 Å². The number of para-hydroxylation sites is 2. The molecule has 0 bridgehead atoms.